The van der Waals surface area contributed by atoms with Crippen molar-refractivity contribution in [3.63, 3.8) is 0 Å². The highest BCUT2D eigenvalue weighted by atomic mass is 35.5. The molecule has 0 N–H and O–H groups in total. The first-order chi connectivity index (χ1) is 10.3. The van der Waals surface area contributed by atoms with Gasteiger partial charge in [-0.1, -0.05) is 24.3 Å². The van der Waals surface area contributed by atoms with E-state index in [4.69, 9.17) is 16.3 Å². The predicted molar refractivity (Wildman–Crippen MR) is 84.6 cm³/mol. The normalized spacial score (nSPS) is 10.8. The van der Waals surface area contributed by atoms with E-state index in [9.17, 15) is 0 Å². The van der Waals surface area contributed by atoms with Crippen molar-refractivity contribution in [2.24, 2.45) is 0 Å². The van der Waals surface area contributed by atoms with Crippen LogP contribution in [0.15, 0.2) is 48.7 Å². The van der Waals surface area contributed by atoms with Crippen LogP contribution >= 0.6 is 11.6 Å². The summed E-state index contributed by atoms with van der Waals surface area (Å²) in [5, 5.41) is 1.11. The van der Waals surface area contributed by atoms with Gasteiger partial charge in [0.05, 0.1) is 17.1 Å². The van der Waals surface area contributed by atoms with E-state index in [0.29, 0.717) is 12.5 Å². The van der Waals surface area contributed by atoms with Gasteiger partial charge in [-0.15, -0.1) is 11.6 Å². The molecule has 0 bridgehead atoms. The van der Waals surface area contributed by atoms with Crippen LogP contribution in [0, 0.1) is 6.92 Å². The molecule has 0 amide bonds. The van der Waals surface area contributed by atoms with E-state index in [-0.39, 0.29) is 0 Å². The lowest BCUT2D eigenvalue weighted by Gasteiger charge is -2.11. The molecule has 0 aliphatic heterocycles. The van der Waals surface area contributed by atoms with E-state index < -0.39 is 0 Å². The summed E-state index contributed by atoms with van der Waals surface area (Å²) >= 11 is 5.93. The zero-order chi connectivity index (χ0) is 14.7. The number of halogens is 1. The average molecular weight is 299 g/mol. The van der Waals surface area contributed by atoms with Crippen LogP contribution in [0.2, 0.25) is 0 Å². The topological polar surface area (TPSA) is 35.0 Å². The van der Waals surface area contributed by atoms with Crippen LogP contribution in [-0.2, 0) is 12.5 Å². The number of aromatic nitrogens is 2. The molecule has 3 aromatic rings. The van der Waals surface area contributed by atoms with Gasteiger partial charge in [-0.05, 0) is 25.1 Å². The van der Waals surface area contributed by atoms with Gasteiger partial charge in [-0.2, -0.15) is 0 Å². The second-order valence-electron chi connectivity index (χ2n) is 4.81. The standard InChI is InChI=1S/C17H15ClN2O/c1-12-7-8-16(15(10-18)20-12)21-11-14-5-2-4-13-6-3-9-19-17(13)14/h2-9H,10-11H2,1H3. The monoisotopic (exact) mass is 298 g/mol. The van der Waals surface area contributed by atoms with Gasteiger partial charge in [-0.3, -0.25) is 9.97 Å². The van der Waals surface area contributed by atoms with Crippen LogP contribution in [0.5, 0.6) is 5.75 Å². The molecule has 2 aromatic heterocycles. The van der Waals surface area contributed by atoms with Gasteiger partial charge in [0.2, 0.25) is 0 Å². The molecule has 0 saturated carbocycles. The fraction of sp³-hybridized carbons (Fsp3) is 0.176. The molecule has 21 heavy (non-hydrogen) atoms. The molecule has 1 aromatic carbocycles. The molecular formula is C17H15ClN2O. The Kier molecular flexibility index (Phi) is 4.02. The Morgan fingerprint density at radius 3 is 2.81 bits per heavy atom. The van der Waals surface area contributed by atoms with Crippen LogP contribution in [0.3, 0.4) is 0 Å². The number of benzene rings is 1. The third-order valence-electron chi connectivity index (χ3n) is 3.30. The van der Waals surface area contributed by atoms with Gasteiger partial charge in [0, 0.05) is 22.8 Å². The molecule has 0 aliphatic rings. The maximum atomic E-state index is 5.93. The Labute approximate surface area is 128 Å². The molecule has 106 valence electrons. The summed E-state index contributed by atoms with van der Waals surface area (Å²) in [4.78, 5) is 8.82. The summed E-state index contributed by atoms with van der Waals surface area (Å²) in [6.07, 6.45) is 1.80. The van der Waals surface area contributed by atoms with Gasteiger partial charge in [0.1, 0.15) is 12.4 Å². The van der Waals surface area contributed by atoms with Crippen LogP contribution in [0.4, 0.5) is 0 Å². The van der Waals surface area contributed by atoms with E-state index in [1.165, 1.54) is 0 Å². The van der Waals surface area contributed by atoms with Crippen LogP contribution < -0.4 is 4.74 Å². The summed E-state index contributed by atoms with van der Waals surface area (Å²) in [7, 11) is 0. The van der Waals surface area contributed by atoms with E-state index >= 15 is 0 Å². The summed E-state index contributed by atoms with van der Waals surface area (Å²) in [6, 6.07) is 13.9. The Bertz CT molecular complexity index is 768. The van der Waals surface area contributed by atoms with E-state index in [1.807, 2.05) is 49.4 Å². The number of alkyl halides is 1. The fourth-order valence-corrected chi connectivity index (χ4v) is 2.46. The summed E-state index contributed by atoms with van der Waals surface area (Å²) < 4.78 is 5.89. The first kappa shape index (κ1) is 13.8. The van der Waals surface area contributed by atoms with E-state index in [0.717, 1.165) is 33.6 Å². The van der Waals surface area contributed by atoms with Crippen molar-refractivity contribution in [2.75, 3.05) is 0 Å². The lowest BCUT2D eigenvalue weighted by atomic mass is 10.1. The minimum absolute atomic E-state index is 0.338. The largest absolute Gasteiger partial charge is 0.487 e. The van der Waals surface area contributed by atoms with Gasteiger partial charge < -0.3 is 4.74 Å². The number of rotatable bonds is 4. The highest BCUT2D eigenvalue weighted by Crippen LogP contribution is 2.22. The van der Waals surface area contributed by atoms with Crippen LogP contribution in [-0.4, -0.2) is 9.97 Å². The fourth-order valence-electron chi connectivity index (χ4n) is 2.26. The van der Waals surface area contributed by atoms with Gasteiger partial charge in [0.15, 0.2) is 0 Å². The molecule has 0 atom stereocenters. The molecule has 0 unspecified atom stereocenters. The van der Waals surface area contributed by atoms with Crippen molar-refractivity contribution >= 4 is 22.5 Å². The van der Waals surface area contributed by atoms with Crippen molar-refractivity contribution in [3.8, 4) is 5.75 Å². The summed E-state index contributed by atoms with van der Waals surface area (Å²) in [5.74, 6) is 1.06. The Hall–Kier alpha value is -2.13. The SMILES string of the molecule is Cc1ccc(OCc2cccc3cccnc23)c(CCl)n1. The molecule has 3 rings (SSSR count). The number of fused-ring (bicyclic) bond motifs is 1. The maximum Gasteiger partial charge on any atom is 0.142 e. The second kappa shape index (κ2) is 6.10. The number of aryl methyl sites for hydroxylation is 1. The van der Waals surface area contributed by atoms with E-state index in [2.05, 4.69) is 9.97 Å². The Morgan fingerprint density at radius 1 is 1.10 bits per heavy atom. The molecule has 4 heteroatoms. The quantitative estimate of drug-likeness (QED) is 0.675. The molecule has 0 aliphatic carbocycles. The minimum atomic E-state index is 0.338. The predicted octanol–water partition coefficient (Wildman–Crippen LogP) is 4.26. The number of ether oxygens (including phenoxy) is 1. The summed E-state index contributed by atoms with van der Waals surface area (Å²) in [6.45, 7) is 2.39. The minimum Gasteiger partial charge on any atom is -0.487 e. The van der Waals surface area contributed by atoms with Gasteiger partial charge >= 0.3 is 0 Å². The second-order valence-corrected chi connectivity index (χ2v) is 5.08. The van der Waals surface area contributed by atoms with Gasteiger partial charge in [0.25, 0.3) is 0 Å². The molecule has 0 spiro atoms. The molecule has 2 heterocycles. The number of hydrogen-bond donors (Lipinski definition) is 0. The smallest absolute Gasteiger partial charge is 0.142 e. The molecule has 0 saturated heterocycles. The third-order valence-corrected chi connectivity index (χ3v) is 3.55. The zero-order valence-electron chi connectivity index (χ0n) is 11.7. The van der Waals surface area contributed by atoms with E-state index in [1.54, 1.807) is 6.20 Å². The first-order valence-corrected chi connectivity index (χ1v) is 7.29. The van der Waals surface area contributed by atoms with Crippen molar-refractivity contribution in [1.82, 2.24) is 9.97 Å². The molecule has 3 nitrogen and oxygen atoms in total. The maximum absolute atomic E-state index is 5.93. The van der Waals surface area contributed by atoms with Crippen molar-refractivity contribution < 1.29 is 4.74 Å². The van der Waals surface area contributed by atoms with Crippen LogP contribution in [0.1, 0.15) is 17.0 Å². The zero-order valence-corrected chi connectivity index (χ0v) is 12.5. The molecule has 0 fully saturated rings. The number of hydrogen-bond acceptors (Lipinski definition) is 3. The molecular weight excluding hydrogens is 284 g/mol. The summed E-state index contributed by atoms with van der Waals surface area (Å²) in [5.41, 5.74) is 3.72. The van der Waals surface area contributed by atoms with Crippen molar-refractivity contribution in [1.29, 1.82) is 0 Å². The third kappa shape index (κ3) is 2.98. The van der Waals surface area contributed by atoms with Crippen molar-refractivity contribution in [2.45, 2.75) is 19.4 Å². The highest BCUT2D eigenvalue weighted by molar-refractivity contribution is 6.17. The highest BCUT2D eigenvalue weighted by Gasteiger charge is 2.07. The lowest BCUT2D eigenvalue weighted by Crippen LogP contribution is -2.01. The lowest BCUT2D eigenvalue weighted by molar-refractivity contribution is 0.303. The Morgan fingerprint density at radius 2 is 1.95 bits per heavy atom. The first-order valence-electron chi connectivity index (χ1n) is 6.76. The average Bonchev–Trinajstić information content (AvgIpc) is 2.53. The van der Waals surface area contributed by atoms with Crippen molar-refractivity contribution in [3.05, 3.63) is 65.6 Å². The number of nitrogens with zero attached hydrogens (tertiary/aromatic N) is 2. The Balaban J connectivity index is 1.87. The number of para-hydroxylation sites is 1. The number of pyridine rings is 2. The van der Waals surface area contributed by atoms with Gasteiger partial charge in [-0.25, -0.2) is 0 Å². The molecule has 0 radical (unpaired) electrons. The van der Waals surface area contributed by atoms with Crippen LogP contribution in [0.25, 0.3) is 10.9 Å².